The number of amides is 3. The van der Waals surface area contributed by atoms with Crippen molar-refractivity contribution in [3.05, 3.63) is 0 Å². The lowest BCUT2D eigenvalue weighted by Gasteiger charge is -2.18. The molecule has 0 rings (SSSR count). The molecule has 8 N–H and O–H groups in total. The Morgan fingerprint density at radius 2 is 1.70 bits per heavy atom. The smallest absolute Gasteiger partial charge is 0.328 e. The lowest BCUT2D eigenvalue weighted by atomic mass is 10.2. The van der Waals surface area contributed by atoms with Gasteiger partial charge in [-0.1, -0.05) is 0 Å². The molecule has 0 aromatic carbocycles. The predicted molar refractivity (Wildman–Crippen MR) is 66.0 cm³/mol. The Morgan fingerprint density at radius 3 is 2.10 bits per heavy atom. The molecule has 0 aliphatic carbocycles. The first-order valence-electron chi connectivity index (χ1n) is 5.67. The van der Waals surface area contributed by atoms with Gasteiger partial charge in [0.25, 0.3) is 0 Å². The van der Waals surface area contributed by atoms with E-state index in [1.165, 1.54) is 6.92 Å². The van der Waals surface area contributed by atoms with Crippen molar-refractivity contribution in [1.82, 2.24) is 10.6 Å². The lowest BCUT2D eigenvalue weighted by molar-refractivity contribution is -0.143. The number of primary amides is 1. The van der Waals surface area contributed by atoms with E-state index in [9.17, 15) is 19.2 Å². The Bertz CT molecular complexity index is 399. The van der Waals surface area contributed by atoms with Gasteiger partial charge < -0.3 is 32.3 Å². The minimum atomic E-state index is -1.47. The minimum absolute atomic E-state index is 0.380. The van der Waals surface area contributed by atoms with Gasteiger partial charge in [-0.3, -0.25) is 14.4 Å². The van der Waals surface area contributed by atoms with Crippen LogP contribution in [0.2, 0.25) is 0 Å². The van der Waals surface area contributed by atoms with Crippen molar-refractivity contribution in [2.24, 2.45) is 11.5 Å². The van der Waals surface area contributed by atoms with Gasteiger partial charge in [-0.15, -0.1) is 0 Å². The molecule has 10 nitrogen and oxygen atoms in total. The zero-order valence-electron chi connectivity index (χ0n) is 10.8. The fraction of sp³-hybridized carbons (Fsp3) is 0.600. The molecular weight excluding hydrogens is 272 g/mol. The van der Waals surface area contributed by atoms with E-state index >= 15 is 0 Å². The van der Waals surface area contributed by atoms with E-state index < -0.39 is 48.4 Å². The van der Waals surface area contributed by atoms with Crippen LogP contribution in [-0.2, 0) is 19.2 Å². The third-order valence-corrected chi connectivity index (χ3v) is 2.31. The molecule has 0 unspecified atom stereocenters. The van der Waals surface area contributed by atoms with Crippen molar-refractivity contribution in [1.29, 1.82) is 0 Å². The standard InChI is InChI=1S/C10H18N4O6/c1-4(8(17)14-6(3-15)10(19)20)13-9(18)5(11)2-7(12)16/h4-6,15H,2-3,11H2,1H3,(H2,12,16)(H,13,18)(H,14,17)(H,19,20)/t4-,5-,6-/m0/s1. The molecule has 0 spiro atoms. The van der Waals surface area contributed by atoms with E-state index in [0.29, 0.717) is 0 Å². The molecule has 0 saturated carbocycles. The van der Waals surface area contributed by atoms with Crippen molar-refractivity contribution in [3.8, 4) is 0 Å². The van der Waals surface area contributed by atoms with Crippen LogP contribution in [0.5, 0.6) is 0 Å². The maximum absolute atomic E-state index is 11.6. The SMILES string of the molecule is C[C@H](NC(=O)[C@@H](N)CC(N)=O)C(=O)N[C@@H](CO)C(=O)O. The summed E-state index contributed by atoms with van der Waals surface area (Å²) in [5, 5.41) is 21.6. The number of carboxylic acid groups (broad SMARTS) is 1. The number of carbonyl (C=O) groups is 4. The van der Waals surface area contributed by atoms with E-state index in [1.54, 1.807) is 0 Å². The summed E-state index contributed by atoms with van der Waals surface area (Å²) in [5.74, 6) is -3.77. The van der Waals surface area contributed by atoms with Gasteiger partial charge in [0.05, 0.1) is 19.1 Å². The summed E-state index contributed by atoms with van der Waals surface area (Å²) in [5.41, 5.74) is 10.2. The van der Waals surface area contributed by atoms with Crippen molar-refractivity contribution in [2.75, 3.05) is 6.61 Å². The van der Waals surface area contributed by atoms with Crippen LogP contribution in [0.1, 0.15) is 13.3 Å². The average Bonchev–Trinajstić information content (AvgIpc) is 2.33. The molecule has 0 aromatic rings. The van der Waals surface area contributed by atoms with Crippen molar-refractivity contribution < 1.29 is 29.4 Å². The Balaban J connectivity index is 4.42. The predicted octanol–water partition coefficient (Wildman–Crippen LogP) is -3.74. The number of hydrogen-bond donors (Lipinski definition) is 6. The first-order valence-corrected chi connectivity index (χ1v) is 5.67. The summed E-state index contributed by atoms with van der Waals surface area (Å²) in [6, 6.07) is -3.76. The largest absolute Gasteiger partial charge is 0.480 e. The van der Waals surface area contributed by atoms with Crippen molar-refractivity contribution >= 4 is 23.7 Å². The third kappa shape index (κ3) is 6.11. The van der Waals surface area contributed by atoms with Gasteiger partial charge in [-0.05, 0) is 6.92 Å². The third-order valence-electron chi connectivity index (χ3n) is 2.31. The highest BCUT2D eigenvalue weighted by Crippen LogP contribution is 1.92. The molecule has 0 aliphatic heterocycles. The summed E-state index contributed by atoms with van der Waals surface area (Å²) in [7, 11) is 0. The van der Waals surface area contributed by atoms with E-state index in [-0.39, 0.29) is 6.42 Å². The normalized spacial score (nSPS) is 14.8. The number of aliphatic hydroxyl groups is 1. The molecule has 0 aliphatic rings. The Labute approximate surface area is 114 Å². The summed E-state index contributed by atoms with van der Waals surface area (Å²) >= 11 is 0. The minimum Gasteiger partial charge on any atom is -0.480 e. The van der Waals surface area contributed by atoms with Gasteiger partial charge in [-0.2, -0.15) is 0 Å². The second kappa shape index (κ2) is 8.07. The van der Waals surface area contributed by atoms with Crippen LogP contribution in [0.3, 0.4) is 0 Å². The van der Waals surface area contributed by atoms with Gasteiger partial charge in [-0.25, -0.2) is 4.79 Å². The van der Waals surface area contributed by atoms with Gasteiger partial charge in [0, 0.05) is 0 Å². The molecule has 3 amide bonds. The summed E-state index contributed by atoms with van der Waals surface area (Å²) < 4.78 is 0. The fourth-order valence-corrected chi connectivity index (χ4v) is 1.18. The van der Waals surface area contributed by atoms with Gasteiger partial charge in [0.15, 0.2) is 0 Å². The zero-order chi connectivity index (χ0) is 15.9. The number of rotatable bonds is 8. The number of aliphatic hydroxyl groups excluding tert-OH is 1. The summed E-state index contributed by atoms with van der Waals surface area (Å²) in [6.07, 6.45) is -0.380. The van der Waals surface area contributed by atoms with E-state index in [4.69, 9.17) is 21.7 Å². The molecule has 0 aromatic heterocycles. The Hall–Kier alpha value is -2.20. The molecule has 114 valence electrons. The van der Waals surface area contributed by atoms with E-state index in [0.717, 1.165) is 0 Å². The van der Waals surface area contributed by atoms with Crippen LogP contribution >= 0.6 is 0 Å². The van der Waals surface area contributed by atoms with Crippen LogP contribution in [-0.4, -0.2) is 58.6 Å². The Kier molecular flexibility index (Phi) is 7.18. The van der Waals surface area contributed by atoms with Gasteiger partial charge in [0.2, 0.25) is 17.7 Å². The molecule has 0 saturated heterocycles. The lowest BCUT2D eigenvalue weighted by Crippen LogP contribution is -2.54. The van der Waals surface area contributed by atoms with Crippen LogP contribution in [0.15, 0.2) is 0 Å². The van der Waals surface area contributed by atoms with Crippen molar-refractivity contribution in [3.63, 3.8) is 0 Å². The molecule has 10 heteroatoms. The topological polar surface area (TPSA) is 185 Å². The van der Waals surface area contributed by atoms with Gasteiger partial charge in [0.1, 0.15) is 12.1 Å². The maximum Gasteiger partial charge on any atom is 0.328 e. The maximum atomic E-state index is 11.6. The van der Waals surface area contributed by atoms with Crippen LogP contribution in [0, 0.1) is 0 Å². The first kappa shape index (κ1) is 17.8. The van der Waals surface area contributed by atoms with Crippen LogP contribution in [0.4, 0.5) is 0 Å². The highest BCUT2D eigenvalue weighted by atomic mass is 16.4. The molecule has 20 heavy (non-hydrogen) atoms. The van der Waals surface area contributed by atoms with Crippen LogP contribution in [0.25, 0.3) is 0 Å². The number of hydrogen-bond acceptors (Lipinski definition) is 6. The average molecular weight is 290 g/mol. The zero-order valence-corrected chi connectivity index (χ0v) is 10.8. The number of carboxylic acids is 1. The molecule has 0 bridgehead atoms. The summed E-state index contributed by atoms with van der Waals surface area (Å²) in [6.45, 7) is 0.503. The van der Waals surface area contributed by atoms with Gasteiger partial charge >= 0.3 is 5.97 Å². The van der Waals surface area contributed by atoms with E-state index in [1.807, 2.05) is 5.32 Å². The number of nitrogens with one attached hydrogen (secondary N) is 2. The van der Waals surface area contributed by atoms with Crippen molar-refractivity contribution in [2.45, 2.75) is 31.5 Å². The fourth-order valence-electron chi connectivity index (χ4n) is 1.18. The monoisotopic (exact) mass is 290 g/mol. The molecule has 0 fully saturated rings. The van der Waals surface area contributed by atoms with Crippen LogP contribution < -0.4 is 22.1 Å². The second-order valence-corrected chi connectivity index (χ2v) is 4.09. The molecule has 3 atom stereocenters. The van der Waals surface area contributed by atoms with E-state index in [2.05, 4.69) is 5.32 Å². The highest BCUT2D eigenvalue weighted by molar-refractivity contribution is 5.93. The number of nitrogens with two attached hydrogens (primary N) is 2. The molecule has 0 radical (unpaired) electrons. The molecular formula is C10H18N4O6. The number of aliphatic carboxylic acids is 1. The quantitative estimate of drug-likeness (QED) is 0.265. The Morgan fingerprint density at radius 1 is 1.15 bits per heavy atom. The first-order chi connectivity index (χ1) is 9.18. The number of carbonyl (C=O) groups excluding carboxylic acids is 3. The second-order valence-electron chi connectivity index (χ2n) is 4.09. The highest BCUT2D eigenvalue weighted by Gasteiger charge is 2.25. The summed E-state index contributed by atoms with van der Waals surface area (Å²) in [4.78, 5) is 44.2. The molecule has 0 heterocycles.